The highest BCUT2D eigenvalue weighted by Crippen LogP contribution is 2.40. The Hall–Kier alpha value is -0.570. The van der Waals surface area contributed by atoms with Crippen LogP contribution in [0.15, 0.2) is 0 Å². The maximum absolute atomic E-state index is 11.1. The van der Waals surface area contributed by atoms with Crippen LogP contribution in [0.3, 0.4) is 0 Å². The molecule has 0 atom stereocenters. The maximum atomic E-state index is 11.1. The molecule has 2 fully saturated rings. The lowest BCUT2D eigenvalue weighted by molar-refractivity contribution is -0.154. The Morgan fingerprint density at radius 2 is 1.94 bits per heavy atom. The van der Waals surface area contributed by atoms with Gasteiger partial charge in [0.15, 0.2) is 0 Å². The average molecular weight is 225 g/mol. The van der Waals surface area contributed by atoms with Gasteiger partial charge in [0, 0.05) is 6.54 Å². The third kappa shape index (κ3) is 2.57. The first-order valence-corrected chi connectivity index (χ1v) is 6.67. The Morgan fingerprint density at radius 1 is 1.25 bits per heavy atom. The van der Waals surface area contributed by atoms with E-state index in [2.05, 4.69) is 5.32 Å². The largest absolute Gasteiger partial charge is 0.481 e. The summed E-state index contributed by atoms with van der Waals surface area (Å²) in [5.74, 6) is 0.293. The molecule has 0 aromatic carbocycles. The van der Waals surface area contributed by atoms with Crippen LogP contribution in [0.25, 0.3) is 0 Å². The van der Waals surface area contributed by atoms with Crippen molar-refractivity contribution < 1.29 is 9.90 Å². The Morgan fingerprint density at radius 3 is 2.44 bits per heavy atom. The third-order valence-corrected chi connectivity index (χ3v) is 4.43. The zero-order valence-corrected chi connectivity index (χ0v) is 10.0. The zero-order chi connectivity index (χ0) is 11.4. The first kappa shape index (κ1) is 11.9. The van der Waals surface area contributed by atoms with Gasteiger partial charge in [-0.3, -0.25) is 4.79 Å². The van der Waals surface area contributed by atoms with Crippen LogP contribution in [0, 0.1) is 11.3 Å². The molecule has 0 radical (unpaired) electrons. The van der Waals surface area contributed by atoms with Gasteiger partial charge in [0.1, 0.15) is 0 Å². The molecule has 0 bridgehead atoms. The number of rotatable bonds is 6. The summed E-state index contributed by atoms with van der Waals surface area (Å²) in [5, 5.41) is 12.5. The molecule has 2 N–H and O–H groups in total. The van der Waals surface area contributed by atoms with Crippen molar-refractivity contribution in [1.82, 2.24) is 5.32 Å². The standard InChI is InChI=1S/C13H23NO2/c15-12(16)13(7-3-8-13)10-14-9-6-11-4-1-2-5-11/h11,14H,1-10H2,(H,15,16). The van der Waals surface area contributed by atoms with Gasteiger partial charge in [0.05, 0.1) is 5.41 Å². The van der Waals surface area contributed by atoms with Crippen LogP contribution >= 0.6 is 0 Å². The van der Waals surface area contributed by atoms with Crippen molar-refractivity contribution in [3.8, 4) is 0 Å². The smallest absolute Gasteiger partial charge is 0.310 e. The molecule has 92 valence electrons. The Labute approximate surface area is 97.6 Å². The van der Waals surface area contributed by atoms with Gasteiger partial charge in [-0.2, -0.15) is 0 Å². The van der Waals surface area contributed by atoms with Crippen molar-refractivity contribution in [3.63, 3.8) is 0 Å². The van der Waals surface area contributed by atoms with Crippen molar-refractivity contribution >= 4 is 5.97 Å². The highest BCUT2D eigenvalue weighted by molar-refractivity contribution is 5.76. The quantitative estimate of drug-likeness (QED) is 0.682. The minimum atomic E-state index is -0.605. The maximum Gasteiger partial charge on any atom is 0.310 e. The molecule has 2 aliphatic rings. The van der Waals surface area contributed by atoms with Crippen molar-refractivity contribution in [2.24, 2.45) is 11.3 Å². The number of carbonyl (C=O) groups is 1. The van der Waals surface area contributed by atoms with Gasteiger partial charge >= 0.3 is 5.97 Å². The molecule has 0 unspecified atom stereocenters. The zero-order valence-electron chi connectivity index (χ0n) is 10.0. The lowest BCUT2D eigenvalue weighted by Gasteiger charge is -2.37. The van der Waals surface area contributed by atoms with E-state index in [1.54, 1.807) is 0 Å². The third-order valence-electron chi connectivity index (χ3n) is 4.43. The van der Waals surface area contributed by atoms with Crippen molar-refractivity contribution in [1.29, 1.82) is 0 Å². The lowest BCUT2D eigenvalue weighted by atomic mass is 9.69. The van der Waals surface area contributed by atoms with Crippen LogP contribution in [-0.2, 0) is 4.79 Å². The van der Waals surface area contributed by atoms with Gasteiger partial charge in [-0.1, -0.05) is 32.1 Å². The molecule has 0 spiro atoms. The van der Waals surface area contributed by atoms with Crippen LogP contribution in [0.2, 0.25) is 0 Å². The van der Waals surface area contributed by atoms with Crippen molar-refractivity contribution in [3.05, 3.63) is 0 Å². The van der Waals surface area contributed by atoms with Gasteiger partial charge < -0.3 is 10.4 Å². The predicted molar refractivity (Wildman–Crippen MR) is 63.4 cm³/mol. The summed E-state index contributed by atoms with van der Waals surface area (Å²) >= 11 is 0. The number of aliphatic carboxylic acids is 1. The summed E-state index contributed by atoms with van der Waals surface area (Å²) in [5.41, 5.74) is -0.421. The lowest BCUT2D eigenvalue weighted by Crippen LogP contribution is -2.46. The summed E-state index contributed by atoms with van der Waals surface area (Å²) in [6.45, 7) is 1.68. The first-order valence-electron chi connectivity index (χ1n) is 6.67. The van der Waals surface area contributed by atoms with E-state index in [1.165, 1.54) is 32.1 Å². The second-order valence-corrected chi connectivity index (χ2v) is 5.55. The fourth-order valence-electron chi connectivity index (χ4n) is 3.00. The normalized spacial score (nSPS) is 24.2. The molecule has 3 nitrogen and oxygen atoms in total. The molecule has 0 aromatic rings. The molecule has 2 rings (SSSR count). The van der Waals surface area contributed by atoms with E-state index >= 15 is 0 Å². The summed E-state index contributed by atoms with van der Waals surface area (Å²) < 4.78 is 0. The molecular weight excluding hydrogens is 202 g/mol. The highest BCUT2D eigenvalue weighted by Gasteiger charge is 2.43. The molecule has 0 amide bonds. The van der Waals surface area contributed by atoms with E-state index in [9.17, 15) is 4.79 Å². The molecule has 2 saturated carbocycles. The molecule has 0 saturated heterocycles. The van der Waals surface area contributed by atoms with E-state index < -0.39 is 11.4 Å². The molecule has 16 heavy (non-hydrogen) atoms. The average Bonchev–Trinajstić information content (AvgIpc) is 2.67. The van der Waals surface area contributed by atoms with Gasteiger partial charge in [-0.15, -0.1) is 0 Å². The molecule has 0 aliphatic heterocycles. The minimum absolute atomic E-state index is 0.421. The number of carboxylic acid groups (broad SMARTS) is 1. The van der Waals surface area contributed by atoms with Crippen LogP contribution < -0.4 is 5.32 Å². The fraction of sp³-hybridized carbons (Fsp3) is 0.923. The first-order chi connectivity index (χ1) is 7.73. The van der Waals surface area contributed by atoms with E-state index in [0.717, 1.165) is 31.7 Å². The molecule has 0 heterocycles. The summed E-state index contributed by atoms with van der Waals surface area (Å²) in [7, 11) is 0. The van der Waals surface area contributed by atoms with Gasteiger partial charge in [0.25, 0.3) is 0 Å². The monoisotopic (exact) mass is 225 g/mol. The molecule has 2 aliphatic carbocycles. The molecular formula is C13H23NO2. The molecule has 3 heteroatoms. The second kappa shape index (κ2) is 5.17. The van der Waals surface area contributed by atoms with Crippen molar-refractivity contribution in [2.45, 2.75) is 51.4 Å². The topological polar surface area (TPSA) is 49.3 Å². The number of hydrogen-bond donors (Lipinski definition) is 2. The molecule has 0 aromatic heterocycles. The van der Waals surface area contributed by atoms with E-state index in [0.29, 0.717) is 6.54 Å². The number of carboxylic acids is 1. The SMILES string of the molecule is O=C(O)C1(CNCCC2CCCC2)CCC1. The van der Waals surface area contributed by atoms with Crippen LogP contribution in [-0.4, -0.2) is 24.2 Å². The van der Waals surface area contributed by atoms with Gasteiger partial charge in [-0.25, -0.2) is 0 Å². The van der Waals surface area contributed by atoms with Crippen molar-refractivity contribution in [2.75, 3.05) is 13.1 Å². The Bertz CT molecular complexity index is 242. The van der Waals surface area contributed by atoms with Crippen LogP contribution in [0.1, 0.15) is 51.4 Å². The van der Waals surface area contributed by atoms with Gasteiger partial charge in [-0.05, 0) is 31.7 Å². The number of hydrogen-bond acceptors (Lipinski definition) is 2. The predicted octanol–water partition coefficient (Wildman–Crippen LogP) is 2.41. The second-order valence-electron chi connectivity index (χ2n) is 5.55. The van der Waals surface area contributed by atoms with E-state index in [-0.39, 0.29) is 0 Å². The fourth-order valence-corrected chi connectivity index (χ4v) is 3.00. The summed E-state index contributed by atoms with van der Waals surface area (Å²) in [6, 6.07) is 0. The highest BCUT2D eigenvalue weighted by atomic mass is 16.4. The van der Waals surface area contributed by atoms with Crippen LogP contribution in [0.4, 0.5) is 0 Å². The minimum Gasteiger partial charge on any atom is -0.481 e. The van der Waals surface area contributed by atoms with E-state index in [1.807, 2.05) is 0 Å². The number of nitrogens with one attached hydrogen (secondary N) is 1. The Kier molecular flexibility index (Phi) is 3.85. The van der Waals surface area contributed by atoms with Crippen LogP contribution in [0.5, 0.6) is 0 Å². The van der Waals surface area contributed by atoms with Gasteiger partial charge in [0.2, 0.25) is 0 Å². The Balaban J connectivity index is 1.61. The summed E-state index contributed by atoms with van der Waals surface area (Å²) in [6.07, 6.45) is 9.58. The van der Waals surface area contributed by atoms with E-state index in [4.69, 9.17) is 5.11 Å². The summed E-state index contributed by atoms with van der Waals surface area (Å²) in [4.78, 5) is 11.1.